The third kappa shape index (κ3) is 4.59. The maximum Gasteiger partial charge on any atom is 0.307 e. The molecule has 30 heavy (non-hydrogen) atoms. The van der Waals surface area contributed by atoms with Crippen LogP contribution in [0.3, 0.4) is 0 Å². The third-order valence-corrected chi connectivity index (χ3v) is 4.38. The van der Waals surface area contributed by atoms with Crippen LogP contribution in [0.15, 0.2) is 54.9 Å². The molecule has 1 N–H and O–H groups in total. The molecule has 156 valence electrons. The molecule has 0 aliphatic heterocycles. The van der Waals surface area contributed by atoms with Gasteiger partial charge in [0.05, 0.1) is 4.92 Å². The normalized spacial score (nSPS) is 11.2. The fourth-order valence-electron chi connectivity index (χ4n) is 2.58. The van der Waals surface area contributed by atoms with Crippen LogP contribution in [-0.4, -0.2) is 20.6 Å². The summed E-state index contributed by atoms with van der Waals surface area (Å²) in [7, 11) is 0. The van der Waals surface area contributed by atoms with Crippen molar-refractivity contribution in [2.75, 3.05) is 5.32 Å². The summed E-state index contributed by atoms with van der Waals surface area (Å²) in [6.45, 7) is 3.02. The van der Waals surface area contributed by atoms with Gasteiger partial charge in [-0.05, 0) is 43.7 Å². The Balaban J connectivity index is 1.68. The first-order valence-corrected chi connectivity index (χ1v) is 8.84. The molecule has 0 unspecified atom stereocenters. The summed E-state index contributed by atoms with van der Waals surface area (Å²) in [5, 5.41) is 17.2. The van der Waals surface area contributed by atoms with E-state index in [1.165, 1.54) is 44.2 Å². The highest BCUT2D eigenvalue weighted by Crippen LogP contribution is 2.25. The second-order valence-electron chi connectivity index (χ2n) is 6.98. The zero-order valence-corrected chi connectivity index (χ0v) is 16.1. The van der Waals surface area contributed by atoms with Gasteiger partial charge in [-0.3, -0.25) is 19.6 Å². The summed E-state index contributed by atoms with van der Waals surface area (Å²) in [4.78, 5) is 22.8. The van der Waals surface area contributed by atoms with Gasteiger partial charge in [0, 0.05) is 11.8 Å². The number of nitro groups is 1. The molecule has 1 amide bonds. The lowest BCUT2D eigenvalue weighted by molar-refractivity contribution is -0.385. The van der Waals surface area contributed by atoms with Gasteiger partial charge in [0.25, 0.3) is 5.91 Å². The van der Waals surface area contributed by atoms with Crippen LogP contribution in [-0.2, 0) is 16.9 Å². The van der Waals surface area contributed by atoms with Crippen molar-refractivity contribution in [1.29, 1.82) is 0 Å². The number of carbonyl (C=O) groups is 1. The Labute approximate surface area is 170 Å². The summed E-state index contributed by atoms with van der Waals surface area (Å²) in [6.07, 6.45) is 2.18. The van der Waals surface area contributed by atoms with Crippen molar-refractivity contribution < 1.29 is 23.2 Å². The van der Waals surface area contributed by atoms with Crippen molar-refractivity contribution in [3.8, 4) is 5.75 Å². The SMILES string of the molecule is CC(C)(C(=O)Nc1ccc(OCc2cccc(F)c2)c(F)c1)n1cc([N+](=O)[O-])cn1. The van der Waals surface area contributed by atoms with E-state index in [9.17, 15) is 23.7 Å². The van der Waals surface area contributed by atoms with Gasteiger partial charge in [-0.15, -0.1) is 0 Å². The minimum Gasteiger partial charge on any atom is -0.486 e. The second kappa shape index (κ2) is 8.27. The molecule has 0 saturated heterocycles. The minimum absolute atomic E-state index is 0.0223. The van der Waals surface area contributed by atoms with Gasteiger partial charge >= 0.3 is 5.69 Å². The van der Waals surface area contributed by atoms with Gasteiger partial charge < -0.3 is 10.1 Å². The Morgan fingerprint density at radius 3 is 2.67 bits per heavy atom. The van der Waals surface area contributed by atoms with Crippen LogP contribution in [0.5, 0.6) is 5.75 Å². The first kappa shape index (κ1) is 20.9. The number of anilines is 1. The third-order valence-electron chi connectivity index (χ3n) is 4.38. The Bertz CT molecular complexity index is 1100. The number of halogens is 2. The fraction of sp³-hybridized carbons (Fsp3) is 0.200. The van der Waals surface area contributed by atoms with Gasteiger partial charge in [-0.1, -0.05) is 12.1 Å². The molecule has 10 heteroatoms. The highest BCUT2D eigenvalue weighted by molar-refractivity contribution is 5.96. The van der Waals surface area contributed by atoms with Crippen molar-refractivity contribution in [3.63, 3.8) is 0 Å². The number of rotatable bonds is 7. The summed E-state index contributed by atoms with van der Waals surface area (Å²) in [5.74, 6) is -1.73. The molecule has 8 nitrogen and oxygen atoms in total. The van der Waals surface area contributed by atoms with E-state index >= 15 is 0 Å². The van der Waals surface area contributed by atoms with E-state index < -0.39 is 28.0 Å². The molecule has 0 bridgehead atoms. The fourth-order valence-corrected chi connectivity index (χ4v) is 2.58. The highest BCUT2D eigenvalue weighted by atomic mass is 19.1. The van der Waals surface area contributed by atoms with E-state index in [0.29, 0.717) is 5.56 Å². The lowest BCUT2D eigenvalue weighted by atomic mass is 10.0. The van der Waals surface area contributed by atoms with E-state index in [1.807, 2.05) is 0 Å². The number of amides is 1. The van der Waals surface area contributed by atoms with Crippen LogP contribution in [0.4, 0.5) is 20.2 Å². The standard InChI is InChI=1S/C20H18F2N4O4/c1-20(2,25-11-16(10-23-25)26(28)29)19(27)24-15-6-7-18(17(22)9-15)30-12-13-4-3-5-14(21)8-13/h3-11H,12H2,1-2H3,(H,24,27). The molecular formula is C20H18F2N4O4. The molecule has 0 saturated carbocycles. The summed E-state index contributed by atoms with van der Waals surface area (Å²) < 4.78 is 34.1. The Kier molecular flexibility index (Phi) is 5.77. The predicted molar refractivity (Wildman–Crippen MR) is 104 cm³/mol. The van der Waals surface area contributed by atoms with Crippen molar-refractivity contribution >= 4 is 17.3 Å². The van der Waals surface area contributed by atoms with Crippen molar-refractivity contribution in [1.82, 2.24) is 9.78 Å². The number of hydrogen-bond acceptors (Lipinski definition) is 5. The van der Waals surface area contributed by atoms with Gasteiger partial charge in [0.1, 0.15) is 30.4 Å². The Morgan fingerprint density at radius 2 is 2.03 bits per heavy atom. The van der Waals surface area contributed by atoms with Crippen LogP contribution < -0.4 is 10.1 Å². The van der Waals surface area contributed by atoms with Crippen LogP contribution in [0, 0.1) is 21.7 Å². The highest BCUT2D eigenvalue weighted by Gasteiger charge is 2.32. The number of nitrogens with zero attached hydrogens (tertiary/aromatic N) is 3. The zero-order chi connectivity index (χ0) is 21.9. The largest absolute Gasteiger partial charge is 0.486 e. The molecule has 0 aliphatic carbocycles. The number of aromatic nitrogens is 2. The van der Waals surface area contributed by atoms with Crippen LogP contribution >= 0.6 is 0 Å². The second-order valence-corrected chi connectivity index (χ2v) is 6.98. The molecule has 2 aromatic carbocycles. The van der Waals surface area contributed by atoms with Crippen LogP contribution in [0.1, 0.15) is 19.4 Å². The van der Waals surface area contributed by atoms with Gasteiger partial charge in [-0.25, -0.2) is 8.78 Å². The summed E-state index contributed by atoms with van der Waals surface area (Å²) >= 11 is 0. The van der Waals surface area contributed by atoms with E-state index in [4.69, 9.17) is 4.74 Å². The maximum absolute atomic E-state index is 14.4. The Morgan fingerprint density at radius 1 is 1.27 bits per heavy atom. The smallest absolute Gasteiger partial charge is 0.307 e. The molecule has 1 heterocycles. The first-order chi connectivity index (χ1) is 14.2. The predicted octanol–water partition coefficient (Wildman–Crippen LogP) is 4.02. The topological polar surface area (TPSA) is 99.3 Å². The number of ether oxygens (including phenoxy) is 1. The maximum atomic E-state index is 14.4. The van der Waals surface area contributed by atoms with Crippen molar-refractivity contribution in [2.45, 2.75) is 26.0 Å². The molecule has 0 aliphatic rings. The Hall–Kier alpha value is -3.82. The molecule has 1 aromatic heterocycles. The van der Waals surface area contributed by atoms with E-state index in [1.54, 1.807) is 6.07 Å². The zero-order valence-electron chi connectivity index (χ0n) is 16.1. The van der Waals surface area contributed by atoms with E-state index in [0.717, 1.165) is 23.1 Å². The number of benzene rings is 2. The molecule has 0 radical (unpaired) electrons. The molecule has 0 spiro atoms. The average Bonchev–Trinajstić information content (AvgIpc) is 3.19. The number of hydrogen-bond donors (Lipinski definition) is 1. The lowest BCUT2D eigenvalue weighted by Gasteiger charge is -2.24. The summed E-state index contributed by atoms with van der Waals surface area (Å²) in [6, 6.07) is 9.63. The minimum atomic E-state index is -1.27. The van der Waals surface area contributed by atoms with Gasteiger partial charge in [0.15, 0.2) is 11.6 Å². The number of nitrogens with one attached hydrogen (secondary N) is 1. The van der Waals surface area contributed by atoms with Crippen LogP contribution in [0.2, 0.25) is 0 Å². The number of carbonyl (C=O) groups excluding carboxylic acids is 1. The van der Waals surface area contributed by atoms with Gasteiger partial charge in [0.2, 0.25) is 0 Å². The lowest BCUT2D eigenvalue weighted by Crippen LogP contribution is -2.40. The first-order valence-electron chi connectivity index (χ1n) is 8.84. The summed E-state index contributed by atoms with van der Waals surface area (Å²) in [5.41, 5.74) is -0.800. The molecular weight excluding hydrogens is 398 g/mol. The monoisotopic (exact) mass is 416 g/mol. The van der Waals surface area contributed by atoms with Crippen LogP contribution in [0.25, 0.3) is 0 Å². The average molecular weight is 416 g/mol. The van der Waals surface area contributed by atoms with Crippen molar-refractivity contribution in [3.05, 3.63) is 82.2 Å². The molecule has 0 atom stereocenters. The molecule has 3 rings (SSSR count). The van der Waals surface area contributed by atoms with Crippen molar-refractivity contribution in [2.24, 2.45) is 0 Å². The molecule has 0 fully saturated rings. The van der Waals surface area contributed by atoms with Gasteiger partial charge in [-0.2, -0.15) is 5.10 Å². The molecule has 3 aromatic rings. The van der Waals surface area contributed by atoms with E-state index in [2.05, 4.69) is 10.4 Å². The van der Waals surface area contributed by atoms with E-state index in [-0.39, 0.29) is 23.7 Å². The quantitative estimate of drug-likeness (QED) is 0.463.